The highest BCUT2D eigenvalue weighted by Gasteiger charge is 2.25. The van der Waals surface area contributed by atoms with Crippen LogP contribution in [0.3, 0.4) is 0 Å². The molecule has 3 heterocycles. The van der Waals surface area contributed by atoms with Crippen molar-refractivity contribution in [1.29, 1.82) is 0 Å². The van der Waals surface area contributed by atoms with E-state index in [9.17, 15) is 9.18 Å². The molecule has 100 valence electrons. The number of piperidine rings is 1. The highest BCUT2D eigenvalue weighted by atomic mass is 19.1. The Morgan fingerprint density at radius 2 is 2.47 bits per heavy atom. The summed E-state index contributed by atoms with van der Waals surface area (Å²) < 4.78 is 18.1. The lowest BCUT2D eigenvalue weighted by Crippen LogP contribution is -2.33. The van der Waals surface area contributed by atoms with E-state index in [1.807, 2.05) is 0 Å². The van der Waals surface area contributed by atoms with E-state index in [4.69, 9.17) is 4.52 Å². The van der Waals surface area contributed by atoms with Crippen LogP contribution in [-0.4, -0.2) is 39.5 Å². The van der Waals surface area contributed by atoms with Gasteiger partial charge in [-0.15, -0.1) is 0 Å². The third-order valence-corrected chi connectivity index (χ3v) is 3.28. The number of aromatic amines is 1. The summed E-state index contributed by atoms with van der Waals surface area (Å²) in [4.78, 5) is 19.5. The number of rotatable bonds is 3. The molecule has 0 radical (unpaired) electrons. The van der Waals surface area contributed by atoms with Gasteiger partial charge in [0.15, 0.2) is 0 Å². The van der Waals surface area contributed by atoms with Gasteiger partial charge >= 0.3 is 0 Å². The van der Waals surface area contributed by atoms with Crippen molar-refractivity contribution in [1.82, 2.24) is 20.0 Å². The summed E-state index contributed by atoms with van der Waals surface area (Å²) in [6, 6.07) is 1.31. The third kappa shape index (κ3) is 2.35. The van der Waals surface area contributed by atoms with Gasteiger partial charge in [-0.1, -0.05) is 5.16 Å². The molecule has 19 heavy (non-hydrogen) atoms. The van der Waals surface area contributed by atoms with Crippen molar-refractivity contribution in [3.05, 3.63) is 24.0 Å². The second kappa shape index (κ2) is 4.83. The molecule has 0 aromatic carbocycles. The zero-order valence-corrected chi connectivity index (χ0v) is 10.2. The maximum Gasteiger partial charge on any atom is 0.231 e. The Morgan fingerprint density at radius 3 is 3.21 bits per heavy atom. The van der Waals surface area contributed by atoms with Gasteiger partial charge in [-0.3, -0.25) is 4.79 Å². The Hall–Kier alpha value is -2.18. The summed E-state index contributed by atoms with van der Waals surface area (Å²) in [6.07, 6.45) is 3.90. The molecule has 1 aliphatic heterocycles. The van der Waals surface area contributed by atoms with E-state index in [0.29, 0.717) is 24.0 Å². The van der Waals surface area contributed by atoms with Gasteiger partial charge in [0.05, 0.1) is 11.6 Å². The van der Waals surface area contributed by atoms with E-state index < -0.39 is 0 Å². The lowest BCUT2D eigenvalue weighted by Gasteiger charge is -2.27. The topological polar surface area (TPSA) is 75.0 Å². The zero-order chi connectivity index (χ0) is 13.2. The summed E-state index contributed by atoms with van der Waals surface area (Å²) in [5.41, 5.74) is 0.482. The second-order valence-corrected chi connectivity index (χ2v) is 4.63. The molecule has 1 atom stereocenters. The van der Waals surface area contributed by atoms with E-state index in [1.54, 1.807) is 4.90 Å². The minimum Gasteiger partial charge on any atom is -0.356 e. The summed E-state index contributed by atoms with van der Waals surface area (Å²) in [7, 11) is 0. The number of carbonyl (C=O) groups is 1. The van der Waals surface area contributed by atoms with Crippen molar-refractivity contribution in [2.75, 3.05) is 13.1 Å². The first-order valence-electron chi connectivity index (χ1n) is 6.13. The first kappa shape index (κ1) is 11.9. The molecular weight excluding hydrogens is 251 g/mol. The van der Waals surface area contributed by atoms with Crippen molar-refractivity contribution in [2.45, 2.75) is 18.8 Å². The average Bonchev–Trinajstić information content (AvgIpc) is 3.07. The molecule has 0 aliphatic carbocycles. The molecule has 6 nitrogen and oxygen atoms in total. The molecule has 3 rings (SSSR count). The second-order valence-electron chi connectivity index (χ2n) is 4.63. The molecule has 1 N–H and O–H groups in total. The number of amides is 1. The highest BCUT2D eigenvalue weighted by molar-refractivity contribution is 5.49. The van der Waals surface area contributed by atoms with Gasteiger partial charge in [-0.25, -0.2) is 4.39 Å². The summed E-state index contributed by atoms with van der Waals surface area (Å²) in [5, 5.41) is 3.83. The minimum atomic E-state index is -0.369. The van der Waals surface area contributed by atoms with Crippen LogP contribution in [0.15, 0.2) is 16.8 Å². The van der Waals surface area contributed by atoms with E-state index >= 15 is 0 Å². The van der Waals surface area contributed by atoms with E-state index in [0.717, 1.165) is 25.8 Å². The minimum absolute atomic E-state index is 0.0556. The largest absolute Gasteiger partial charge is 0.356 e. The molecule has 2 aromatic heterocycles. The molecule has 7 heteroatoms. The zero-order valence-electron chi connectivity index (χ0n) is 10.2. The lowest BCUT2D eigenvalue weighted by molar-refractivity contribution is -0.119. The van der Waals surface area contributed by atoms with Crippen molar-refractivity contribution >= 4 is 6.41 Å². The molecular formula is C12H13FN4O2. The maximum atomic E-state index is 12.9. The molecule has 1 fully saturated rings. The molecule has 0 spiro atoms. The van der Waals surface area contributed by atoms with E-state index in [2.05, 4.69) is 15.1 Å². The predicted molar refractivity (Wildman–Crippen MR) is 63.7 cm³/mol. The van der Waals surface area contributed by atoms with E-state index in [1.165, 1.54) is 12.3 Å². The fraction of sp³-hybridized carbons (Fsp3) is 0.417. The van der Waals surface area contributed by atoms with Gasteiger partial charge in [0.25, 0.3) is 0 Å². The van der Waals surface area contributed by atoms with Crippen molar-refractivity contribution in [3.8, 4) is 11.5 Å². The van der Waals surface area contributed by atoms with Crippen LogP contribution in [0.5, 0.6) is 0 Å². The molecule has 1 aliphatic rings. The van der Waals surface area contributed by atoms with Crippen LogP contribution in [0, 0.1) is 5.82 Å². The van der Waals surface area contributed by atoms with Crippen LogP contribution in [0.1, 0.15) is 24.7 Å². The number of hydrogen-bond acceptors (Lipinski definition) is 4. The molecule has 0 saturated carbocycles. The van der Waals surface area contributed by atoms with Gasteiger partial charge in [0.2, 0.25) is 18.1 Å². The van der Waals surface area contributed by atoms with Gasteiger partial charge in [-0.05, 0) is 12.8 Å². The average molecular weight is 264 g/mol. The van der Waals surface area contributed by atoms with Gasteiger partial charge in [0, 0.05) is 25.4 Å². The quantitative estimate of drug-likeness (QED) is 0.853. The van der Waals surface area contributed by atoms with Crippen molar-refractivity contribution in [3.63, 3.8) is 0 Å². The van der Waals surface area contributed by atoms with Gasteiger partial charge in [0.1, 0.15) is 5.82 Å². The highest BCUT2D eigenvalue weighted by Crippen LogP contribution is 2.26. The summed E-state index contributed by atoms with van der Waals surface area (Å²) in [6.45, 7) is 1.35. The maximum absolute atomic E-state index is 12.9. The van der Waals surface area contributed by atoms with Crippen LogP contribution < -0.4 is 0 Å². The lowest BCUT2D eigenvalue weighted by atomic mass is 9.98. The Bertz CT molecular complexity index is 580. The number of H-pyrrole nitrogens is 1. The number of nitrogens with zero attached hydrogens (tertiary/aromatic N) is 3. The Balaban J connectivity index is 1.79. The smallest absolute Gasteiger partial charge is 0.231 e. The number of likely N-dealkylation sites (tertiary alicyclic amines) is 1. The van der Waals surface area contributed by atoms with Crippen LogP contribution in [-0.2, 0) is 4.79 Å². The Morgan fingerprint density at radius 1 is 1.58 bits per heavy atom. The van der Waals surface area contributed by atoms with Crippen LogP contribution >= 0.6 is 0 Å². The first-order valence-corrected chi connectivity index (χ1v) is 6.13. The number of nitrogens with one attached hydrogen (secondary N) is 1. The van der Waals surface area contributed by atoms with Crippen LogP contribution in [0.2, 0.25) is 0 Å². The number of halogens is 1. The monoisotopic (exact) mass is 264 g/mol. The molecule has 1 amide bonds. The van der Waals surface area contributed by atoms with E-state index in [-0.39, 0.29) is 11.7 Å². The molecule has 2 aromatic rings. The van der Waals surface area contributed by atoms with Gasteiger partial charge in [-0.2, -0.15) is 4.98 Å². The SMILES string of the molecule is O=CN1CCC[C@H](c2nc(-c3cc(F)c[nH]3)no2)C1. The molecule has 0 bridgehead atoms. The third-order valence-electron chi connectivity index (χ3n) is 3.28. The Labute approximate surface area is 108 Å². The number of aromatic nitrogens is 3. The fourth-order valence-corrected chi connectivity index (χ4v) is 2.31. The normalized spacial score (nSPS) is 19.6. The fourth-order valence-electron chi connectivity index (χ4n) is 2.31. The molecule has 1 saturated heterocycles. The number of carbonyl (C=O) groups excluding carboxylic acids is 1. The van der Waals surface area contributed by atoms with Crippen molar-refractivity contribution in [2.24, 2.45) is 0 Å². The predicted octanol–water partition coefficient (Wildman–Crippen LogP) is 1.54. The molecule has 0 unspecified atom stereocenters. The summed E-state index contributed by atoms with van der Waals surface area (Å²) in [5.74, 6) is 0.518. The standard InChI is InChI=1S/C12H13FN4O2/c13-9-4-10(14-5-9)11-15-12(19-16-11)8-2-1-3-17(6-8)7-18/h4-5,7-8,14H,1-3,6H2/t8-/m0/s1. The first-order chi connectivity index (χ1) is 9.26. The number of hydrogen-bond donors (Lipinski definition) is 1. The Kier molecular flexibility index (Phi) is 3.02. The van der Waals surface area contributed by atoms with Crippen molar-refractivity contribution < 1.29 is 13.7 Å². The van der Waals surface area contributed by atoms with Crippen LogP contribution in [0.4, 0.5) is 4.39 Å². The van der Waals surface area contributed by atoms with Crippen LogP contribution in [0.25, 0.3) is 11.5 Å². The van der Waals surface area contributed by atoms with Gasteiger partial charge < -0.3 is 14.4 Å². The summed E-state index contributed by atoms with van der Waals surface area (Å²) >= 11 is 0.